The van der Waals surface area contributed by atoms with Crippen LogP contribution in [0.5, 0.6) is 0 Å². The van der Waals surface area contributed by atoms with Gasteiger partial charge in [0, 0.05) is 71.6 Å². The predicted octanol–water partition coefficient (Wildman–Crippen LogP) is 17.5. The van der Waals surface area contributed by atoms with Gasteiger partial charge < -0.3 is 18.2 Å². The smallest absolute Gasteiger partial charge is 0.143 e. The van der Waals surface area contributed by atoms with Gasteiger partial charge in [-0.05, 0) is 70.8 Å². The molecule has 300 valence electrons. The third-order valence-electron chi connectivity index (χ3n) is 12.7. The van der Waals surface area contributed by atoms with Crippen molar-refractivity contribution in [3.63, 3.8) is 0 Å². The van der Waals surface area contributed by atoms with Crippen LogP contribution in [0.1, 0.15) is 0 Å². The molecule has 10 aromatic carbocycles. The zero-order valence-corrected chi connectivity index (χ0v) is 34.5. The summed E-state index contributed by atoms with van der Waals surface area (Å²) in [7, 11) is 0. The Morgan fingerprint density at radius 1 is 0.234 bits per heavy atom. The Balaban J connectivity index is 0.941. The van der Waals surface area contributed by atoms with Gasteiger partial charge in [-0.25, -0.2) is 0 Å². The molecular weight excluding hydrogens is 783 g/mol. The number of hydrogen-bond donors (Lipinski definition) is 0. The topological polar surface area (TPSA) is 42.7 Å². The average Bonchev–Trinajstić information content (AvgIpc) is 4.07. The van der Waals surface area contributed by atoms with E-state index in [1.54, 1.807) is 0 Å². The molecule has 0 spiro atoms. The monoisotopic (exact) mass is 819 g/mol. The highest BCUT2D eigenvalue weighted by atomic mass is 16.3. The van der Waals surface area contributed by atoms with Crippen molar-refractivity contribution < 1.29 is 13.3 Å². The number of fused-ring (bicyclic) bond motifs is 9. The molecule has 0 bridgehead atoms. The largest absolute Gasteiger partial charge is 0.455 e. The van der Waals surface area contributed by atoms with E-state index in [4.69, 9.17) is 13.3 Å². The van der Waals surface area contributed by atoms with Gasteiger partial charge in [0.25, 0.3) is 0 Å². The third-order valence-corrected chi connectivity index (χ3v) is 12.7. The number of anilines is 3. The van der Waals surface area contributed by atoms with Gasteiger partial charge >= 0.3 is 0 Å². The number of nitrogens with zero attached hydrogens (tertiary/aromatic N) is 1. The van der Waals surface area contributed by atoms with E-state index in [1.165, 1.54) is 0 Å². The highest BCUT2D eigenvalue weighted by Crippen LogP contribution is 2.44. The fourth-order valence-electron chi connectivity index (χ4n) is 9.68. The Morgan fingerprint density at radius 3 is 1.09 bits per heavy atom. The van der Waals surface area contributed by atoms with Gasteiger partial charge in [0.2, 0.25) is 0 Å². The van der Waals surface area contributed by atoms with Crippen LogP contribution in [0.3, 0.4) is 0 Å². The lowest BCUT2D eigenvalue weighted by Gasteiger charge is -2.26. The van der Waals surface area contributed by atoms with Crippen molar-refractivity contribution in [2.24, 2.45) is 0 Å². The van der Waals surface area contributed by atoms with E-state index in [0.29, 0.717) is 0 Å². The van der Waals surface area contributed by atoms with Gasteiger partial charge in [-0.1, -0.05) is 176 Å². The Bertz CT molecular complexity index is 3730. The number of benzene rings is 10. The quantitative estimate of drug-likeness (QED) is 0.161. The van der Waals surface area contributed by atoms with Crippen LogP contribution in [0.2, 0.25) is 0 Å². The summed E-state index contributed by atoms with van der Waals surface area (Å²) >= 11 is 0. The summed E-state index contributed by atoms with van der Waals surface area (Å²) in [5.74, 6) is 0. The molecule has 0 radical (unpaired) electrons. The SMILES string of the molecule is c1ccc(-c2cccc3c2oc2c(-c4cccc(N(c5ccc(-c6cccc7c6oc6ccccc67)cc5)c5ccc(-c6cccc7c6oc6ccccc67)cc5)c4)cccc23)cc1. The van der Waals surface area contributed by atoms with Gasteiger partial charge in [0.1, 0.15) is 33.5 Å². The van der Waals surface area contributed by atoms with Gasteiger partial charge in [-0.15, -0.1) is 0 Å². The minimum absolute atomic E-state index is 0.873. The molecule has 64 heavy (non-hydrogen) atoms. The summed E-state index contributed by atoms with van der Waals surface area (Å²) in [5.41, 5.74) is 17.0. The van der Waals surface area contributed by atoms with E-state index in [2.05, 4.69) is 199 Å². The fourth-order valence-corrected chi connectivity index (χ4v) is 9.68. The zero-order chi connectivity index (χ0) is 42.1. The maximum atomic E-state index is 6.87. The van der Waals surface area contributed by atoms with E-state index in [9.17, 15) is 0 Å². The highest BCUT2D eigenvalue weighted by Gasteiger charge is 2.20. The summed E-state index contributed by atoms with van der Waals surface area (Å²) in [6.07, 6.45) is 0. The first-order chi connectivity index (χ1) is 31.7. The van der Waals surface area contributed by atoms with Crippen molar-refractivity contribution in [3.8, 4) is 44.5 Å². The van der Waals surface area contributed by atoms with Crippen molar-refractivity contribution in [2.75, 3.05) is 4.90 Å². The number of furan rings is 3. The van der Waals surface area contributed by atoms with E-state index >= 15 is 0 Å². The van der Waals surface area contributed by atoms with E-state index in [-0.39, 0.29) is 0 Å². The Labute approximate surface area is 368 Å². The minimum atomic E-state index is 0.873. The summed E-state index contributed by atoms with van der Waals surface area (Å²) < 4.78 is 19.8. The molecule has 0 fully saturated rings. The maximum absolute atomic E-state index is 6.87. The standard InChI is InChI=1S/C60H37NO3/c1-2-13-38(14-3-1)45-19-11-25-53-54-26-12-22-48(60(54)64-59(45)53)41-15-8-16-44(37-41)61(42-33-29-39(30-34-42)46-20-9-23-51-49-17-4-6-27-55(49)62-57(46)51)43-35-31-40(32-36-43)47-21-10-24-52-50-18-5-7-28-56(50)63-58(47)52/h1-37H. The molecule has 4 heteroatoms. The highest BCUT2D eigenvalue weighted by molar-refractivity contribution is 6.14. The third kappa shape index (κ3) is 5.77. The van der Waals surface area contributed by atoms with Gasteiger partial charge in [0.05, 0.1) is 0 Å². The molecule has 4 nitrogen and oxygen atoms in total. The average molecular weight is 820 g/mol. The van der Waals surface area contributed by atoms with Crippen molar-refractivity contribution in [3.05, 3.63) is 224 Å². The molecule has 13 aromatic rings. The van der Waals surface area contributed by atoms with Crippen LogP contribution in [-0.4, -0.2) is 0 Å². The van der Waals surface area contributed by atoms with Gasteiger partial charge in [0.15, 0.2) is 0 Å². The molecule has 0 saturated heterocycles. The van der Waals surface area contributed by atoms with E-state index < -0.39 is 0 Å². The van der Waals surface area contributed by atoms with Crippen LogP contribution in [-0.2, 0) is 0 Å². The van der Waals surface area contributed by atoms with Crippen LogP contribution in [0.15, 0.2) is 238 Å². The summed E-state index contributed by atoms with van der Waals surface area (Å²) in [4.78, 5) is 2.33. The summed E-state index contributed by atoms with van der Waals surface area (Å²) in [6.45, 7) is 0. The fraction of sp³-hybridized carbons (Fsp3) is 0. The summed E-state index contributed by atoms with van der Waals surface area (Å²) in [5, 5.41) is 6.68. The second-order valence-corrected chi connectivity index (χ2v) is 16.4. The van der Waals surface area contributed by atoms with Crippen LogP contribution in [0.25, 0.3) is 110 Å². The molecule has 0 aliphatic carbocycles. The van der Waals surface area contributed by atoms with Gasteiger partial charge in [-0.3, -0.25) is 0 Å². The normalized spacial score (nSPS) is 11.8. The molecule has 13 rings (SSSR count). The molecule has 0 N–H and O–H groups in total. The molecule has 0 aliphatic heterocycles. The molecule has 3 heterocycles. The minimum Gasteiger partial charge on any atom is -0.455 e. The van der Waals surface area contributed by atoms with E-state index in [0.717, 1.165) is 127 Å². The van der Waals surface area contributed by atoms with Crippen LogP contribution in [0, 0.1) is 0 Å². The lowest BCUT2D eigenvalue weighted by molar-refractivity contribution is 0.669. The maximum Gasteiger partial charge on any atom is 0.143 e. The molecule has 0 atom stereocenters. The van der Waals surface area contributed by atoms with Crippen molar-refractivity contribution >= 4 is 82.9 Å². The van der Waals surface area contributed by atoms with Gasteiger partial charge in [-0.2, -0.15) is 0 Å². The predicted molar refractivity (Wildman–Crippen MR) is 265 cm³/mol. The van der Waals surface area contributed by atoms with Crippen LogP contribution in [0.4, 0.5) is 17.1 Å². The molecule has 0 saturated carbocycles. The van der Waals surface area contributed by atoms with E-state index in [1.807, 2.05) is 30.3 Å². The number of para-hydroxylation sites is 6. The Hall–Kier alpha value is -8.60. The molecule has 0 aliphatic rings. The first kappa shape index (κ1) is 36.1. The number of hydrogen-bond acceptors (Lipinski definition) is 4. The number of rotatable bonds is 7. The Morgan fingerprint density at radius 2 is 0.594 bits per heavy atom. The Kier molecular flexibility index (Phi) is 8.18. The summed E-state index contributed by atoms with van der Waals surface area (Å²) in [6, 6.07) is 79.0. The first-order valence-corrected chi connectivity index (χ1v) is 21.7. The van der Waals surface area contributed by atoms with Crippen LogP contribution >= 0.6 is 0 Å². The molecule has 0 unspecified atom stereocenters. The van der Waals surface area contributed by atoms with Crippen molar-refractivity contribution in [1.29, 1.82) is 0 Å². The lowest BCUT2D eigenvalue weighted by Crippen LogP contribution is -2.10. The van der Waals surface area contributed by atoms with Crippen molar-refractivity contribution in [1.82, 2.24) is 0 Å². The molecule has 3 aromatic heterocycles. The first-order valence-electron chi connectivity index (χ1n) is 21.7. The second kappa shape index (κ2) is 14.5. The zero-order valence-electron chi connectivity index (χ0n) is 34.5. The van der Waals surface area contributed by atoms with Crippen LogP contribution < -0.4 is 4.90 Å². The van der Waals surface area contributed by atoms with Crippen molar-refractivity contribution in [2.45, 2.75) is 0 Å². The lowest BCUT2D eigenvalue weighted by atomic mass is 9.99. The second-order valence-electron chi connectivity index (χ2n) is 16.4. The molecule has 0 amide bonds. The molecular formula is C60H37NO3.